The number of nitrogens with zero attached hydrogens (tertiary/aromatic N) is 2. The highest BCUT2D eigenvalue weighted by Crippen LogP contribution is 2.09. The molecule has 0 unspecified atom stereocenters. The number of carbonyl (C=O) groups is 1. The molecule has 0 saturated carbocycles. The highest BCUT2D eigenvalue weighted by molar-refractivity contribution is 5.86. The molecule has 0 spiro atoms. The van der Waals surface area contributed by atoms with E-state index in [1.54, 1.807) is 6.07 Å². The van der Waals surface area contributed by atoms with E-state index in [0.29, 0.717) is 6.54 Å². The van der Waals surface area contributed by atoms with Gasteiger partial charge in [-0.15, -0.1) is 0 Å². The molecule has 1 N–H and O–H groups in total. The predicted octanol–water partition coefficient (Wildman–Crippen LogP) is 2.40. The number of rotatable bonds is 7. The molecular weight excluding hydrogens is 216 g/mol. The fourth-order valence-corrected chi connectivity index (χ4v) is 1.76. The zero-order chi connectivity index (χ0) is 12.7. The Morgan fingerprint density at radius 1 is 1.47 bits per heavy atom. The molecule has 0 aliphatic heterocycles. The Morgan fingerprint density at radius 3 is 2.88 bits per heavy atom. The average Bonchev–Trinajstić information content (AvgIpc) is 2.29. The fourth-order valence-electron chi connectivity index (χ4n) is 1.76. The van der Waals surface area contributed by atoms with Gasteiger partial charge in [-0.2, -0.15) is 0 Å². The van der Waals surface area contributed by atoms with Crippen LogP contribution >= 0.6 is 0 Å². The topological polar surface area (TPSA) is 53.4 Å². The van der Waals surface area contributed by atoms with E-state index in [4.69, 9.17) is 5.11 Å². The lowest BCUT2D eigenvalue weighted by atomic mass is 10.1. The van der Waals surface area contributed by atoms with E-state index in [-0.39, 0.29) is 5.69 Å². The molecule has 0 aromatic carbocycles. The van der Waals surface area contributed by atoms with Crippen LogP contribution in [0.5, 0.6) is 0 Å². The van der Waals surface area contributed by atoms with Crippen molar-refractivity contribution in [3.63, 3.8) is 0 Å². The smallest absolute Gasteiger partial charge is 0.354 e. The number of hydrogen-bond donors (Lipinski definition) is 1. The number of pyridine rings is 1. The van der Waals surface area contributed by atoms with Gasteiger partial charge in [-0.1, -0.05) is 25.8 Å². The lowest BCUT2D eigenvalue weighted by Gasteiger charge is -2.17. The standard InChI is InChI=1S/C13H20N2O2/c1-3-4-5-9-15(2)10-11-7-6-8-14-12(11)13(16)17/h6-8H,3-5,9-10H2,1-2H3,(H,16,17). The van der Waals surface area contributed by atoms with Crippen molar-refractivity contribution in [2.24, 2.45) is 0 Å². The van der Waals surface area contributed by atoms with Crippen LogP contribution in [0.3, 0.4) is 0 Å². The first-order valence-corrected chi connectivity index (χ1v) is 6.01. The Balaban J connectivity index is 2.58. The number of carboxylic acids is 1. The van der Waals surface area contributed by atoms with Crippen molar-refractivity contribution in [1.82, 2.24) is 9.88 Å². The van der Waals surface area contributed by atoms with Crippen LogP contribution in [0.1, 0.15) is 42.2 Å². The normalized spacial score (nSPS) is 10.8. The van der Waals surface area contributed by atoms with E-state index in [2.05, 4.69) is 16.8 Å². The van der Waals surface area contributed by atoms with Gasteiger partial charge in [-0.05, 0) is 31.6 Å². The van der Waals surface area contributed by atoms with Gasteiger partial charge >= 0.3 is 5.97 Å². The zero-order valence-electron chi connectivity index (χ0n) is 10.5. The van der Waals surface area contributed by atoms with E-state index in [1.165, 1.54) is 19.0 Å². The van der Waals surface area contributed by atoms with E-state index in [9.17, 15) is 4.79 Å². The van der Waals surface area contributed by atoms with Crippen LogP contribution in [0.15, 0.2) is 18.3 Å². The van der Waals surface area contributed by atoms with Crippen molar-refractivity contribution >= 4 is 5.97 Å². The first-order chi connectivity index (χ1) is 8.15. The van der Waals surface area contributed by atoms with Crippen LogP contribution in [0.2, 0.25) is 0 Å². The summed E-state index contributed by atoms with van der Waals surface area (Å²) in [6.07, 6.45) is 5.07. The minimum atomic E-state index is -0.956. The maximum absolute atomic E-state index is 11.0. The van der Waals surface area contributed by atoms with Gasteiger partial charge in [-0.3, -0.25) is 0 Å². The molecule has 0 bridgehead atoms. The number of aromatic carboxylic acids is 1. The molecule has 0 fully saturated rings. The number of carboxylic acid groups (broad SMARTS) is 1. The Bertz CT molecular complexity index is 366. The summed E-state index contributed by atoms with van der Waals surface area (Å²) in [6, 6.07) is 3.61. The van der Waals surface area contributed by atoms with Crippen molar-refractivity contribution in [1.29, 1.82) is 0 Å². The van der Waals surface area contributed by atoms with Gasteiger partial charge in [0, 0.05) is 12.7 Å². The third-order valence-corrected chi connectivity index (χ3v) is 2.68. The quantitative estimate of drug-likeness (QED) is 0.739. The minimum absolute atomic E-state index is 0.162. The van der Waals surface area contributed by atoms with Crippen molar-refractivity contribution in [2.45, 2.75) is 32.7 Å². The van der Waals surface area contributed by atoms with Gasteiger partial charge in [0.1, 0.15) is 0 Å². The van der Waals surface area contributed by atoms with E-state index >= 15 is 0 Å². The van der Waals surface area contributed by atoms with Crippen LogP contribution in [-0.2, 0) is 6.54 Å². The molecule has 17 heavy (non-hydrogen) atoms. The summed E-state index contributed by atoms with van der Waals surface area (Å²) in [5.41, 5.74) is 0.939. The van der Waals surface area contributed by atoms with Crippen LogP contribution < -0.4 is 0 Å². The molecule has 4 nitrogen and oxygen atoms in total. The van der Waals surface area contributed by atoms with Crippen LogP contribution in [0.25, 0.3) is 0 Å². The fraction of sp³-hybridized carbons (Fsp3) is 0.538. The van der Waals surface area contributed by atoms with Gasteiger partial charge in [0.25, 0.3) is 0 Å². The van der Waals surface area contributed by atoms with Crippen LogP contribution in [-0.4, -0.2) is 34.6 Å². The van der Waals surface area contributed by atoms with Crippen LogP contribution in [0, 0.1) is 0 Å². The molecule has 4 heteroatoms. The Kier molecular flexibility index (Phi) is 5.63. The zero-order valence-corrected chi connectivity index (χ0v) is 10.5. The lowest BCUT2D eigenvalue weighted by molar-refractivity contribution is 0.0688. The third-order valence-electron chi connectivity index (χ3n) is 2.68. The third kappa shape index (κ3) is 4.53. The molecule has 0 atom stereocenters. The lowest BCUT2D eigenvalue weighted by Crippen LogP contribution is -2.21. The average molecular weight is 236 g/mol. The second-order valence-electron chi connectivity index (χ2n) is 4.26. The van der Waals surface area contributed by atoms with Gasteiger partial charge in [0.2, 0.25) is 0 Å². The van der Waals surface area contributed by atoms with Crippen LogP contribution in [0.4, 0.5) is 0 Å². The van der Waals surface area contributed by atoms with Gasteiger partial charge in [-0.25, -0.2) is 9.78 Å². The Labute approximate surface area is 102 Å². The molecule has 94 valence electrons. The highest BCUT2D eigenvalue weighted by Gasteiger charge is 2.12. The van der Waals surface area contributed by atoms with Crippen molar-refractivity contribution in [2.75, 3.05) is 13.6 Å². The molecular formula is C13H20N2O2. The van der Waals surface area contributed by atoms with Crippen molar-refractivity contribution in [3.8, 4) is 0 Å². The molecule has 1 aromatic rings. The first kappa shape index (κ1) is 13.6. The number of hydrogen-bond acceptors (Lipinski definition) is 3. The molecule has 1 rings (SSSR count). The summed E-state index contributed by atoms with van der Waals surface area (Å²) in [5.74, 6) is -0.956. The summed E-state index contributed by atoms with van der Waals surface area (Å²) in [4.78, 5) is 17.0. The number of unbranched alkanes of at least 4 members (excludes halogenated alkanes) is 2. The Hall–Kier alpha value is -1.42. The van der Waals surface area contributed by atoms with Gasteiger partial charge < -0.3 is 10.0 Å². The highest BCUT2D eigenvalue weighted by atomic mass is 16.4. The SMILES string of the molecule is CCCCCN(C)Cc1cccnc1C(=O)O. The minimum Gasteiger partial charge on any atom is -0.477 e. The summed E-state index contributed by atoms with van der Waals surface area (Å²) in [5, 5.41) is 9.01. The maximum atomic E-state index is 11.0. The first-order valence-electron chi connectivity index (χ1n) is 6.01. The van der Waals surface area contributed by atoms with Crippen molar-refractivity contribution < 1.29 is 9.90 Å². The predicted molar refractivity (Wildman–Crippen MR) is 67.1 cm³/mol. The summed E-state index contributed by atoms with van der Waals surface area (Å²) in [7, 11) is 2.01. The number of aromatic nitrogens is 1. The second-order valence-corrected chi connectivity index (χ2v) is 4.26. The maximum Gasteiger partial charge on any atom is 0.354 e. The molecule has 1 heterocycles. The summed E-state index contributed by atoms with van der Waals surface area (Å²) >= 11 is 0. The van der Waals surface area contributed by atoms with Crippen molar-refractivity contribution in [3.05, 3.63) is 29.6 Å². The molecule has 0 amide bonds. The van der Waals surface area contributed by atoms with E-state index < -0.39 is 5.97 Å². The molecule has 0 radical (unpaired) electrons. The molecule has 0 aliphatic rings. The van der Waals surface area contributed by atoms with Gasteiger partial charge in [0.15, 0.2) is 5.69 Å². The van der Waals surface area contributed by atoms with E-state index in [0.717, 1.165) is 18.5 Å². The summed E-state index contributed by atoms with van der Waals surface area (Å²) in [6.45, 7) is 3.80. The second kappa shape index (κ2) is 7.01. The molecule has 0 aliphatic carbocycles. The molecule has 0 saturated heterocycles. The molecule has 1 aromatic heterocycles. The largest absolute Gasteiger partial charge is 0.477 e. The van der Waals surface area contributed by atoms with E-state index in [1.807, 2.05) is 13.1 Å². The monoisotopic (exact) mass is 236 g/mol. The van der Waals surface area contributed by atoms with Gasteiger partial charge in [0.05, 0.1) is 0 Å². The summed E-state index contributed by atoms with van der Waals surface area (Å²) < 4.78 is 0. The Morgan fingerprint density at radius 2 is 2.24 bits per heavy atom.